The molecule has 16 heavy (non-hydrogen) atoms. The molecule has 6 heteroatoms. The highest BCUT2D eigenvalue weighted by atomic mass is 16.4. The van der Waals surface area contributed by atoms with Gasteiger partial charge in [-0.25, -0.2) is 0 Å². The number of hydrogen-bond acceptors (Lipinski definition) is 5. The quantitative estimate of drug-likeness (QED) is 0.839. The van der Waals surface area contributed by atoms with Crippen molar-refractivity contribution in [2.45, 2.75) is 25.3 Å². The van der Waals surface area contributed by atoms with Gasteiger partial charge in [0, 0.05) is 31.3 Å². The minimum Gasteiger partial charge on any atom is -0.408 e. The molecule has 6 nitrogen and oxygen atoms in total. The second kappa shape index (κ2) is 3.62. The van der Waals surface area contributed by atoms with Crippen LogP contribution in [0, 0.1) is 0 Å². The molecule has 0 unspecified atom stereocenters. The zero-order chi connectivity index (χ0) is 11.0. The van der Waals surface area contributed by atoms with Crippen LogP contribution in [0.5, 0.6) is 0 Å². The number of rotatable bonds is 4. The van der Waals surface area contributed by atoms with E-state index in [0.29, 0.717) is 18.5 Å². The standard InChI is InChI=1S/C10H13N5O/c1-15-6-7(5-12-15)4-11-10-14-13-9(16-10)8-2-3-8/h5-6,8H,2-4H2,1H3,(H,11,14). The highest BCUT2D eigenvalue weighted by Gasteiger charge is 2.29. The number of aromatic nitrogens is 4. The molecular weight excluding hydrogens is 206 g/mol. The molecule has 0 aromatic carbocycles. The van der Waals surface area contributed by atoms with Crippen molar-refractivity contribution in [1.82, 2.24) is 20.0 Å². The van der Waals surface area contributed by atoms with Gasteiger partial charge in [0.1, 0.15) is 0 Å². The summed E-state index contributed by atoms with van der Waals surface area (Å²) in [6.07, 6.45) is 6.10. The van der Waals surface area contributed by atoms with Crippen LogP contribution in [0.25, 0.3) is 0 Å². The van der Waals surface area contributed by atoms with Gasteiger partial charge in [0.2, 0.25) is 5.89 Å². The van der Waals surface area contributed by atoms with Crippen molar-refractivity contribution in [2.75, 3.05) is 5.32 Å². The molecule has 3 rings (SSSR count). The fraction of sp³-hybridized carbons (Fsp3) is 0.500. The van der Waals surface area contributed by atoms with Crippen LogP contribution in [0.3, 0.4) is 0 Å². The Labute approximate surface area is 92.7 Å². The number of nitrogens with zero attached hydrogens (tertiary/aromatic N) is 4. The fourth-order valence-corrected chi connectivity index (χ4v) is 1.54. The van der Waals surface area contributed by atoms with Gasteiger partial charge in [-0.3, -0.25) is 4.68 Å². The Kier molecular flexibility index (Phi) is 2.12. The third-order valence-corrected chi connectivity index (χ3v) is 2.57. The molecule has 0 bridgehead atoms. The predicted molar refractivity (Wildman–Crippen MR) is 56.8 cm³/mol. The molecule has 1 aliphatic rings. The van der Waals surface area contributed by atoms with Crippen LogP contribution in [0.4, 0.5) is 6.01 Å². The Bertz CT molecular complexity index is 485. The molecule has 0 saturated heterocycles. The molecule has 2 heterocycles. The van der Waals surface area contributed by atoms with E-state index in [2.05, 4.69) is 20.6 Å². The highest BCUT2D eigenvalue weighted by molar-refractivity contribution is 5.21. The summed E-state index contributed by atoms with van der Waals surface area (Å²) < 4.78 is 7.24. The van der Waals surface area contributed by atoms with Crippen LogP contribution in [0.15, 0.2) is 16.8 Å². The van der Waals surface area contributed by atoms with E-state index < -0.39 is 0 Å². The SMILES string of the molecule is Cn1cc(CNc2nnc(C3CC3)o2)cn1. The van der Waals surface area contributed by atoms with E-state index in [1.54, 1.807) is 4.68 Å². The van der Waals surface area contributed by atoms with Crippen LogP contribution in [-0.4, -0.2) is 20.0 Å². The Morgan fingerprint density at radius 3 is 3.06 bits per heavy atom. The average molecular weight is 219 g/mol. The van der Waals surface area contributed by atoms with Gasteiger partial charge in [-0.15, -0.1) is 5.10 Å². The maximum atomic E-state index is 5.48. The molecule has 0 aliphatic heterocycles. The summed E-state index contributed by atoms with van der Waals surface area (Å²) in [4.78, 5) is 0. The van der Waals surface area contributed by atoms with Crippen molar-refractivity contribution in [3.8, 4) is 0 Å². The lowest BCUT2D eigenvalue weighted by atomic mass is 10.4. The van der Waals surface area contributed by atoms with Gasteiger partial charge < -0.3 is 9.73 Å². The lowest BCUT2D eigenvalue weighted by Gasteiger charge is -1.96. The van der Waals surface area contributed by atoms with Crippen LogP contribution in [0.2, 0.25) is 0 Å². The third-order valence-electron chi connectivity index (χ3n) is 2.57. The minimum atomic E-state index is 0.491. The summed E-state index contributed by atoms with van der Waals surface area (Å²) in [6.45, 7) is 0.653. The van der Waals surface area contributed by atoms with Gasteiger partial charge in [0.05, 0.1) is 6.20 Å². The molecule has 0 spiro atoms. The average Bonchev–Trinajstić information content (AvgIpc) is 2.87. The Hall–Kier alpha value is -1.85. The number of hydrogen-bond donors (Lipinski definition) is 1. The van der Waals surface area contributed by atoms with Gasteiger partial charge in [0.15, 0.2) is 0 Å². The van der Waals surface area contributed by atoms with E-state index in [1.165, 1.54) is 12.8 Å². The second-order valence-corrected chi connectivity index (χ2v) is 4.10. The zero-order valence-electron chi connectivity index (χ0n) is 9.05. The van der Waals surface area contributed by atoms with E-state index in [-0.39, 0.29) is 0 Å². The van der Waals surface area contributed by atoms with Crippen molar-refractivity contribution < 1.29 is 4.42 Å². The molecule has 1 saturated carbocycles. The molecule has 1 fully saturated rings. The molecular formula is C10H13N5O. The lowest BCUT2D eigenvalue weighted by Crippen LogP contribution is -1.98. The summed E-state index contributed by atoms with van der Waals surface area (Å²) in [5.74, 6) is 1.26. The first-order valence-electron chi connectivity index (χ1n) is 5.36. The van der Waals surface area contributed by atoms with Crippen molar-refractivity contribution in [1.29, 1.82) is 0 Å². The van der Waals surface area contributed by atoms with Gasteiger partial charge in [-0.05, 0) is 12.8 Å². The van der Waals surface area contributed by atoms with Crippen LogP contribution >= 0.6 is 0 Å². The van der Waals surface area contributed by atoms with E-state index >= 15 is 0 Å². The molecule has 2 aromatic heterocycles. The predicted octanol–water partition coefficient (Wildman–Crippen LogP) is 1.29. The Morgan fingerprint density at radius 2 is 2.38 bits per heavy atom. The maximum absolute atomic E-state index is 5.48. The van der Waals surface area contributed by atoms with Crippen molar-refractivity contribution in [3.63, 3.8) is 0 Å². The van der Waals surface area contributed by atoms with Gasteiger partial charge in [-0.1, -0.05) is 5.10 Å². The summed E-state index contributed by atoms with van der Waals surface area (Å²) in [5, 5.41) is 15.1. The van der Waals surface area contributed by atoms with E-state index in [9.17, 15) is 0 Å². The number of anilines is 1. The van der Waals surface area contributed by atoms with E-state index in [1.807, 2.05) is 19.4 Å². The Balaban J connectivity index is 1.61. The van der Waals surface area contributed by atoms with Gasteiger partial charge >= 0.3 is 6.01 Å². The summed E-state index contributed by atoms with van der Waals surface area (Å²) in [7, 11) is 1.89. The topological polar surface area (TPSA) is 68.8 Å². The maximum Gasteiger partial charge on any atom is 0.315 e. The van der Waals surface area contributed by atoms with Crippen molar-refractivity contribution in [2.24, 2.45) is 7.05 Å². The molecule has 0 amide bonds. The summed E-state index contributed by atoms with van der Waals surface area (Å²) in [6, 6.07) is 0.491. The summed E-state index contributed by atoms with van der Waals surface area (Å²) in [5.41, 5.74) is 1.09. The third kappa shape index (κ3) is 1.91. The monoisotopic (exact) mass is 219 g/mol. The Morgan fingerprint density at radius 1 is 1.50 bits per heavy atom. The van der Waals surface area contributed by atoms with Gasteiger partial charge in [-0.2, -0.15) is 5.10 Å². The first-order valence-corrected chi connectivity index (χ1v) is 5.36. The highest BCUT2D eigenvalue weighted by Crippen LogP contribution is 2.39. The second-order valence-electron chi connectivity index (χ2n) is 4.10. The van der Waals surface area contributed by atoms with E-state index in [0.717, 1.165) is 11.5 Å². The van der Waals surface area contributed by atoms with Crippen molar-refractivity contribution >= 4 is 6.01 Å². The molecule has 2 aromatic rings. The number of aryl methyl sites for hydroxylation is 1. The normalized spacial score (nSPS) is 15.3. The van der Waals surface area contributed by atoms with Gasteiger partial charge in [0.25, 0.3) is 0 Å². The van der Waals surface area contributed by atoms with Crippen LogP contribution in [-0.2, 0) is 13.6 Å². The van der Waals surface area contributed by atoms with Crippen molar-refractivity contribution in [3.05, 3.63) is 23.8 Å². The largest absolute Gasteiger partial charge is 0.408 e. The first-order chi connectivity index (χ1) is 7.81. The molecule has 0 atom stereocenters. The summed E-state index contributed by atoms with van der Waals surface area (Å²) >= 11 is 0. The first kappa shape index (κ1) is 9.38. The zero-order valence-corrected chi connectivity index (χ0v) is 9.05. The van der Waals surface area contributed by atoms with Crippen LogP contribution in [0.1, 0.15) is 30.2 Å². The van der Waals surface area contributed by atoms with E-state index in [4.69, 9.17) is 4.42 Å². The minimum absolute atomic E-state index is 0.491. The molecule has 1 N–H and O–H groups in total. The molecule has 84 valence electrons. The molecule has 0 radical (unpaired) electrons. The fourth-order valence-electron chi connectivity index (χ4n) is 1.54. The van der Waals surface area contributed by atoms with Crippen LogP contribution < -0.4 is 5.32 Å². The lowest BCUT2D eigenvalue weighted by molar-refractivity contribution is 0.507. The molecule has 1 aliphatic carbocycles. The smallest absolute Gasteiger partial charge is 0.315 e. The number of nitrogens with one attached hydrogen (secondary N) is 1.